The molecule has 7 nitrogen and oxygen atoms in total. The van der Waals surface area contributed by atoms with Crippen molar-refractivity contribution in [3.05, 3.63) is 23.5 Å². The molecule has 0 N–H and O–H groups in total. The monoisotopic (exact) mass is 356 g/mol. The number of aromatic nitrogens is 1. The minimum atomic E-state index is -3.56. The molecule has 0 aliphatic carbocycles. The van der Waals surface area contributed by atoms with Crippen LogP contribution in [0.2, 0.25) is 0 Å². The van der Waals surface area contributed by atoms with Gasteiger partial charge in [-0.15, -0.1) is 0 Å². The van der Waals surface area contributed by atoms with Gasteiger partial charge in [-0.1, -0.05) is 13.8 Å². The van der Waals surface area contributed by atoms with Crippen LogP contribution in [0.15, 0.2) is 12.3 Å². The Bertz CT molecular complexity index is 750. The number of fused-ring (bicyclic) bond motifs is 1. The molecule has 0 fully saturated rings. The number of carbonyl (C=O) groups excluding carboxylic acids is 1. The van der Waals surface area contributed by atoms with E-state index in [1.807, 2.05) is 34.6 Å². The first kappa shape index (κ1) is 18.7. The van der Waals surface area contributed by atoms with Gasteiger partial charge in [-0.25, -0.2) is 4.79 Å². The summed E-state index contributed by atoms with van der Waals surface area (Å²) in [6.07, 6.45) is 2.22. The summed E-state index contributed by atoms with van der Waals surface area (Å²) in [6.45, 7) is 9.76. The van der Waals surface area contributed by atoms with Gasteiger partial charge in [0.05, 0.1) is 17.6 Å². The molecule has 8 heteroatoms. The zero-order valence-electron chi connectivity index (χ0n) is 14.9. The summed E-state index contributed by atoms with van der Waals surface area (Å²) in [5, 5.41) is 0. The molecule has 2 heterocycles. The van der Waals surface area contributed by atoms with Crippen LogP contribution in [0, 0.1) is 0 Å². The predicted molar refractivity (Wildman–Crippen MR) is 90.5 cm³/mol. The third-order valence-corrected chi connectivity index (χ3v) is 4.09. The summed E-state index contributed by atoms with van der Waals surface area (Å²) in [4.78, 5) is 18.3. The molecule has 1 aliphatic rings. The van der Waals surface area contributed by atoms with Gasteiger partial charge < -0.3 is 4.74 Å². The molecule has 0 unspecified atom stereocenters. The number of hydrogen-bond acceptors (Lipinski definition) is 6. The molecule has 0 spiro atoms. The molecule has 24 heavy (non-hydrogen) atoms. The van der Waals surface area contributed by atoms with E-state index < -0.39 is 21.8 Å². The molecule has 1 aromatic heterocycles. The molecule has 2 rings (SSSR count). The van der Waals surface area contributed by atoms with Gasteiger partial charge in [0.15, 0.2) is 0 Å². The van der Waals surface area contributed by atoms with E-state index in [1.54, 1.807) is 17.2 Å². The Hall–Kier alpha value is -1.67. The normalized spacial score (nSPS) is 16.8. The third kappa shape index (κ3) is 4.45. The maximum atomic E-state index is 12.5. The second-order valence-corrected chi connectivity index (χ2v) is 9.25. The van der Waals surface area contributed by atoms with Crippen LogP contribution < -0.4 is 4.90 Å². The summed E-state index contributed by atoms with van der Waals surface area (Å²) in [7, 11) is -3.56. The van der Waals surface area contributed by atoms with Crippen LogP contribution >= 0.6 is 0 Å². The van der Waals surface area contributed by atoms with Crippen molar-refractivity contribution in [1.29, 1.82) is 0 Å². The lowest BCUT2D eigenvalue weighted by Crippen LogP contribution is -2.38. The van der Waals surface area contributed by atoms with Crippen molar-refractivity contribution in [2.45, 2.75) is 52.2 Å². The lowest BCUT2D eigenvalue weighted by atomic mass is 9.88. The Balaban J connectivity index is 2.32. The van der Waals surface area contributed by atoms with Gasteiger partial charge in [0.1, 0.15) is 12.2 Å². The highest BCUT2D eigenvalue weighted by Gasteiger charge is 2.40. The SMILES string of the molecule is CC(C)(C)OC(=O)N1CC(C)(C)c2cnc(COS(C)(=O)=O)cc21. The Labute approximate surface area is 143 Å². The smallest absolute Gasteiger partial charge is 0.414 e. The lowest BCUT2D eigenvalue weighted by Gasteiger charge is -2.26. The van der Waals surface area contributed by atoms with Crippen molar-refractivity contribution in [3.63, 3.8) is 0 Å². The van der Waals surface area contributed by atoms with Gasteiger partial charge in [0, 0.05) is 23.7 Å². The topological polar surface area (TPSA) is 85.8 Å². The molecule has 0 saturated heterocycles. The van der Waals surface area contributed by atoms with E-state index >= 15 is 0 Å². The molecule has 1 aliphatic heterocycles. The molecule has 1 aromatic rings. The molecular formula is C16H24N2O5S. The fourth-order valence-corrected chi connectivity index (χ4v) is 2.86. The van der Waals surface area contributed by atoms with Crippen LogP contribution in [0.5, 0.6) is 0 Å². The molecule has 0 radical (unpaired) electrons. The fraction of sp³-hybridized carbons (Fsp3) is 0.625. The van der Waals surface area contributed by atoms with Gasteiger partial charge in [0.2, 0.25) is 0 Å². The van der Waals surface area contributed by atoms with Crippen LogP contribution in [0.3, 0.4) is 0 Å². The standard InChI is InChI=1S/C16H24N2O5S/c1-15(2,3)23-14(19)18-10-16(4,5)12-8-17-11(7-13(12)18)9-22-24(6,20)21/h7-8H,9-10H2,1-6H3. The quantitative estimate of drug-likeness (QED) is 0.774. The number of pyridine rings is 1. The van der Waals surface area contributed by atoms with Crippen molar-refractivity contribution in [2.75, 3.05) is 17.7 Å². The van der Waals surface area contributed by atoms with Crippen molar-refractivity contribution in [3.8, 4) is 0 Å². The summed E-state index contributed by atoms with van der Waals surface area (Å²) < 4.78 is 32.5. The lowest BCUT2D eigenvalue weighted by molar-refractivity contribution is 0.0579. The van der Waals surface area contributed by atoms with Crippen LogP contribution in [0.25, 0.3) is 0 Å². The second kappa shape index (κ2) is 6.00. The fourth-order valence-electron chi connectivity index (χ4n) is 2.52. The number of hydrogen-bond donors (Lipinski definition) is 0. The average molecular weight is 356 g/mol. The second-order valence-electron chi connectivity index (χ2n) is 7.61. The Morgan fingerprint density at radius 3 is 2.54 bits per heavy atom. The van der Waals surface area contributed by atoms with E-state index in [0.717, 1.165) is 11.8 Å². The number of anilines is 1. The van der Waals surface area contributed by atoms with Gasteiger partial charge in [-0.2, -0.15) is 8.42 Å². The number of nitrogens with zero attached hydrogens (tertiary/aromatic N) is 2. The number of amides is 1. The molecule has 0 atom stereocenters. The molecule has 0 aromatic carbocycles. The first-order valence-electron chi connectivity index (χ1n) is 7.63. The van der Waals surface area contributed by atoms with Crippen LogP contribution in [-0.2, 0) is 31.1 Å². The van der Waals surface area contributed by atoms with E-state index in [2.05, 4.69) is 4.98 Å². The largest absolute Gasteiger partial charge is 0.443 e. The number of rotatable bonds is 3. The summed E-state index contributed by atoms with van der Waals surface area (Å²) in [6, 6.07) is 1.68. The average Bonchev–Trinajstić information content (AvgIpc) is 2.66. The summed E-state index contributed by atoms with van der Waals surface area (Å²) >= 11 is 0. The van der Waals surface area contributed by atoms with Crippen molar-refractivity contribution in [2.24, 2.45) is 0 Å². The maximum Gasteiger partial charge on any atom is 0.414 e. The van der Waals surface area contributed by atoms with Gasteiger partial charge in [-0.05, 0) is 26.8 Å². The molecule has 134 valence electrons. The summed E-state index contributed by atoms with van der Waals surface area (Å²) in [5.41, 5.74) is 1.16. The van der Waals surface area contributed by atoms with E-state index in [0.29, 0.717) is 17.9 Å². The highest BCUT2D eigenvalue weighted by Crippen LogP contribution is 2.41. The van der Waals surface area contributed by atoms with Crippen molar-refractivity contribution in [1.82, 2.24) is 4.98 Å². The first-order valence-corrected chi connectivity index (χ1v) is 9.44. The Morgan fingerprint density at radius 2 is 2.00 bits per heavy atom. The van der Waals surface area contributed by atoms with Crippen LogP contribution in [0.1, 0.15) is 45.9 Å². The minimum absolute atomic E-state index is 0.172. The Morgan fingerprint density at radius 1 is 1.38 bits per heavy atom. The van der Waals surface area contributed by atoms with E-state index in [9.17, 15) is 13.2 Å². The molecular weight excluding hydrogens is 332 g/mol. The number of carbonyl (C=O) groups is 1. The third-order valence-electron chi connectivity index (χ3n) is 3.55. The van der Waals surface area contributed by atoms with Gasteiger partial charge in [-0.3, -0.25) is 14.1 Å². The molecule has 0 bridgehead atoms. The van der Waals surface area contributed by atoms with Crippen molar-refractivity contribution >= 4 is 21.9 Å². The summed E-state index contributed by atoms with van der Waals surface area (Å²) in [5.74, 6) is 0. The van der Waals surface area contributed by atoms with Crippen molar-refractivity contribution < 1.29 is 22.1 Å². The highest BCUT2D eigenvalue weighted by atomic mass is 32.2. The van der Waals surface area contributed by atoms with Gasteiger partial charge in [0.25, 0.3) is 10.1 Å². The number of ether oxygens (including phenoxy) is 1. The van der Waals surface area contributed by atoms with Crippen LogP contribution in [0.4, 0.5) is 10.5 Å². The zero-order valence-corrected chi connectivity index (χ0v) is 15.7. The van der Waals surface area contributed by atoms with E-state index in [1.165, 1.54) is 0 Å². The van der Waals surface area contributed by atoms with E-state index in [-0.39, 0.29) is 12.0 Å². The first-order chi connectivity index (χ1) is 10.8. The zero-order chi connectivity index (χ0) is 18.3. The van der Waals surface area contributed by atoms with Crippen LogP contribution in [-0.4, -0.2) is 37.9 Å². The van der Waals surface area contributed by atoms with E-state index in [4.69, 9.17) is 8.92 Å². The molecule has 0 saturated carbocycles. The highest BCUT2D eigenvalue weighted by molar-refractivity contribution is 7.85. The van der Waals surface area contributed by atoms with Gasteiger partial charge >= 0.3 is 6.09 Å². The predicted octanol–water partition coefficient (Wildman–Crippen LogP) is 2.59. The minimum Gasteiger partial charge on any atom is -0.443 e. The Kier molecular flexibility index (Phi) is 4.67. The molecule has 1 amide bonds. The maximum absolute atomic E-state index is 12.5.